The Morgan fingerprint density at radius 1 is 1.31 bits per heavy atom. The van der Waals surface area contributed by atoms with Crippen molar-refractivity contribution in [3.05, 3.63) is 44.4 Å². The Morgan fingerprint density at radius 3 is 2.97 bits per heavy atom. The fourth-order valence-electron chi connectivity index (χ4n) is 3.50. The van der Waals surface area contributed by atoms with Crippen molar-refractivity contribution in [2.24, 2.45) is 0 Å². The highest BCUT2D eigenvalue weighted by Crippen LogP contribution is 2.24. The average Bonchev–Trinajstić information content (AvgIpc) is 3.29. The zero-order valence-electron chi connectivity index (χ0n) is 16.5. The number of hydrogen-bond acceptors (Lipinski definition) is 8. The van der Waals surface area contributed by atoms with Crippen molar-refractivity contribution in [3.8, 4) is 0 Å². The Labute approximate surface area is 172 Å². The van der Waals surface area contributed by atoms with Gasteiger partial charge in [-0.25, -0.2) is 9.97 Å². The van der Waals surface area contributed by atoms with Gasteiger partial charge in [-0.1, -0.05) is 0 Å². The Morgan fingerprint density at radius 2 is 2.17 bits per heavy atom. The van der Waals surface area contributed by atoms with E-state index in [9.17, 15) is 10.1 Å². The summed E-state index contributed by atoms with van der Waals surface area (Å²) in [6.45, 7) is 6.47. The molecule has 0 spiro atoms. The molecule has 0 amide bonds. The maximum Gasteiger partial charge on any atom is 0.271 e. The number of hydrogen-bond donors (Lipinski definition) is 1. The predicted octanol–water partition coefficient (Wildman–Crippen LogP) is 3.35. The van der Waals surface area contributed by atoms with E-state index in [2.05, 4.69) is 25.1 Å². The van der Waals surface area contributed by atoms with Crippen molar-refractivity contribution in [2.75, 3.05) is 38.2 Å². The van der Waals surface area contributed by atoms with Crippen molar-refractivity contribution in [1.82, 2.24) is 19.9 Å². The van der Waals surface area contributed by atoms with Crippen LogP contribution in [0.5, 0.6) is 0 Å². The Bertz CT molecular complexity index is 1000. The molecule has 9 nitrogen and oxygen atoms in total. The number of rotatable bonds is 6. The Balaban J connectivity index is 1.41. The van der Waals surface area contributed by atoms with Crippen molar-refractivity contribution >= 4 is 34.0 Å². The molecular weight excluding hydrogens is 392 g/mol. The molecule has 3 heterocycles. The largest absolute Gasteiger partial charge is 0.375 e. The Hall–Kier alpha value is -2.56. The number of benzene rings is 1. The summed E-state index contributed by atoms with van der Waals surface area (Å²) < 4.78 is 5.35. The van der Waals surface area contributed by atoms with E-state index in [1.165, 1.54) is 12.1 Å². The molecule has 1 atom stereocenters. The highest BCUT2D eigenvalue weighted by molar-refractivity contribution is 7.09. The number of non-ortho nitro benzene ring substituents is 1. The van der Waals surface area contributed by atoms with Crippen LogP contribution in [0.3, 0.4) is 0 Å². The third kappa shape index (κ3) is 4.39. The van der Waals surface area contributed by atoms with Gasteiger partial charge in [0.1, 0.15) is 11.1 Å². The van der Waals surface area contributed by atoms with Crippen LogP contribution in [0.2, 0.25) is 0 Å². The van der Waals surface area contributed by atoms with Crippen molar-refractivity contribution in [2.45, 2.75) is 26.0 Å². The van der Waals surface area contributed by atoms with Crippen molar-refractivity contribution in [1.29, 1.82) is 0 Å². The van der Waals surface area contributed by atoms with Gasteiger partial charge in [0.15, 0.2) is 0 Å². The number of fused-ring (bicyclic) bond motifs is 1. The lowest BCUT2D eigenvalue weighted by molar-refractivity contribution is -0.384. The third-order valence-corrected chi connectivity index (χ3v) is 6.26. The van der Waals surface area contributed by atoms with Crippen LogP contribution in [0, 0.1) is 10.1 Å². The molecule has 4 rings (SSSR count). The summed E-state index contributed by atoms with van der Waals surface area (Å²) in [7, 11) is 1.70. The van der Waals surface area contributed by atoms with Crippen molar-refractivity contribution in [3.63, 3.8) is 0 Å². The lowest BCUT2D eigenvalue weighted by Gasteiger charge is -2.20. The van der Waals surface area contributed by atoms with Crippen LogP contribution in [0.1, 0.15) is 30.2 Å². The number of H-pyrrole nitrogens is 1. The van der Waals surface area contributed by atoms with Crippen LogP contribution in [-0.2, 0) is 11.3 Å². The minimum atomic E-state index is -0.388. The van der Waals surface area contributed by atoms with Crippen LogP contribution >= 0.6 is 11.3 Å². The normalized spacial score (nSPS) is 16.8. The van der Waals surface area contributed by atoms with Crippen LogP contribution in [0.25, 0.3) is 11.0 Å². The van der Waals surface area contributed by atoms with E-state index in [0.717, 1.165) is 61.3 Å². The first-order valence-electron chi connectivity index (χ1n) is 9.62. The zero-order valence-corrected chi connectivity index (χ0v) is 17.3. The number of nitro groups is 1. The summed E-state index contributed by atoms with van der Waals surface area (Å²) in [6.07, 6.45) is 1.04. The van der Waals surface area contributed by atoms with Gasteiger partial charge in [-0.3, -0.25) is 15.0 Å². The maximum absolute atomic E-state index is 11.0. The average molecular weight is 417 g/mol. The smallest absolute Gasteiger partial charge is 0.271 e. The minimum Gasteiger partial charge on any atom is -0.375 e. The quantitative estimate of drug-likeness (QED) is 0.486. The Kier molecular flexibility index (Phi) is 5.74. The van der Waals surface area contributed by atoms with Crippen LogP contribution in [0.15, 0.2) is 23.6 Å². The highest BCUT2D eigenvalue weighted by Gasteiger charge is 2.20. The van der Waals surface area contributed by atoms with Crippen LogP contribution < -0.4 is 4.90 Å². The van der Waals surface area contributed by atoms with Gasteiger partial charge >= 0.3 is 0 Å². The number of nitrogens with one attached hydrogen (secondary N) is 1. The van der Waals surface area contributed by atoms with E-state index < -0.39 is 0 Å². The zero-order chi connectivity index (χ0) is 20.4. The molecule has 29 heavy (non-hydrogen) atoms. The number of imidazole rings is 1. The summed E-state index contributed by atoms with van der Waals surface area (Å²) in [5.41, 5.74) is 2.59. The predicted molar refractivity (Wildman–Crippen MR) is 112 cm³/mol. The van der Waals surface area contributed by atoms with E-state index in [1.807, 2.05) is 6.92 Å². The minimum absolute atomic E-state index is 0.0253. The number of nitrogens with zero attached hydrogens (tertiary/aromatic N) is 5. The highest BCUT2D eigenvalue weighted by atomic mass is 32.1. The first-order valence-corrected chi connectivity index (χ1v) is 10.5. The topological polar surface area (TPSA) is 100 Å². The number of nitro benzene ring substituents is 1. The number of aromatic nitrogens is 3. The lowest BCUT2D eigenvalue weighted by atomic mass is 10.3. The molecule has 10 heteroatoms. The first-order chi connectivity index (χ1) is 14.0. The SMILES string of the molecule is COC(C)c1nc(CN2CCCN(c3nc4ccc([N+](=O)[O-])cc4[nH]3)CC2)cs1. The number of thiazole rings is 1. The van der Waals surface area contributed by atoms with Gasteiger partial charge in [-0.05, 0) is 19.4 Å². The molecule has 154 valence electrons. The fourth-order valence-corrected chi connectivity index (χ4v) is 4.34. The summed E-state index contributed by atoms with van der Waals surface area (Å²) in [4.78, 5) is 27.8. The van der Waals surface area contributed by atoms with Gasteiger partial charge in [-0.15, -0.1) is 11.3 Å². The van der Waals surface area contributed by atoms with Gasteiger partial charge in [0.05, 0.1) is 21.7 Å². The van der Waals surface area contributed by atoms with E-state index in [0.29, 0.717) is 5.52 Å². The van der Waals surface area contributed by atoms with Crippen LogP contribution in [0.4, 0.5) is 11.6 Å². The van der Waals surface area contributed by atoms with Gasteiger partial charge in [0.25, 0.3) is 5.69 Å². The molecule has 1 unspecified atom stereocenters. The van der Waals surface area contributed by atoms with E-state index >= 15 is 0 Å². The molecule has 3 aromatic rings. The van der Waals surface area contributed by atoms with E-state index in [-0.39, 0.29) is 16.7 Å². The summed E-state index contributed by atoms with van der Waals surface area (Å²) in [5, 5.41) is 14.1. The standard InChI is InChI=1S/C19H24N6O3S/c1-13(28-2)18-20-14(12-29-18)11-23-6-3-7-24(9-8-23)19-21-16-5-4-15(25(26)27)10-17(16)22-19/h4-5,10,12-13H,3,6-9,11H2,1-2H3,(H,21,22). The van der Waals surface area contributed by atoms with Gasteiger partial charge in [0, 0.05) is 57.3 Å². The second-order valence-corrected chi connectivity index (χ2v) is 8.08. The third-order valence-electron chi connectivity index (χ3n) is 5.21. The summed E-state index contributed by atoms with van der Waals surface area (Å²) in [5.74, 6) is 0.771. The van der Waals surface area contributed by atoms with Crippen LogP contribution in [-0.4, -0.2) is 58.1 Å². The van der Waals surface area contributed by atoms with Gasteiger partial charge < -0.3 is 14.6 Å². The molecule has 0 bridgehead atoms. The molecule has 1 saturated heterocycles. The second-order valence-electron chi connectivity index (χ2n) is 7.19. The number of anilines is 1. The molecule has 1 fully saturated rings. The maximum atomic E-state index is 11.0. The molecule has 0 radical (unpaired) electrons. The number of ether oxygens (including phenoxy) is 1. The van der Waals surface area contributed by atoms with E-state index in [1.54, 1.807) is 24.5 Å². The first kappa shape index (κ1) is 19.7. The number of methoxy groups -OCH3 is 1. The molecule has 1 aliphatic rings. The van der Waals surface area contributed by atoms with Gasteiger partial charge in [0.2, 0.25) is 5.95 Å². The molecule has 0 aliphatic carbocycles. The van der Waals surface area contributed by atoms with E-state index in [4.69, 9.17) is 9.72 Å². The molecule has 1 aromatic carbocycles. The monoisotopic (exact) mass is 416 g/mol. The summed E-state index contributed by atoms with van der Waals surface area (Å²) >= 11 is 1.64. The molecule has 1 N–H and O–H groups in total. The molecule has 1 aliphatic heterocycles. The molecule has 0 saturated carbocycles. The van der Waals surface area contributed by atoms with Gasteiger partial charge in [-0.2, -0.15) is 0 Å². The number of aromatic amines is 1. The summed E-state index contributed by atoms with van der Waals surface area (Å²) in [6, 6.07) is 4.72. The fraction of sp³-hybridized carbons (Fsp3) is 0.474. The molecule has 2 aromatic heterocycles. The van der Waals surface area contributed by atoms with Crippen molar-refractivity contribution < 1.29 is 9.66 Å². The lowest BCUT2D eigenvalue weighted by Crippen LogP contribution is -2.31. The molecular formula is C19H24N6O3S. The second kappa shape index (κ2) is 8.44.